The first kappa shape index (κ1) is 8.28. The summed E-state index contributed by atoms with van der Waals surface area (Å²) >= 11 is -1.22. The van der Waals surface area contributed by atoms with Gasteiger partial charge >= 0.3 is 0 Å². The predicted molar refractivity (Wildman–Crippen MR) is 47.5 cm³/mol. The molecule has 4 nitrogen and oxygen atoms in total. The third-order valence-electron chi connectivity index (χ3n) is 1.54. The molecule has 1 heterocycles. The molecule has 0 saturated carbocycles. The Bertz CT molecular complexity index is 362. The smallest absolute Gasteiger partial charge is 0.288 e. The number of H-pyrrole nitrogens is 1. The molecule has 1 atom stereocenters. The van der Waals surface area contributed by atoms with E-state index >= 15 is 0 Å². The van der Waals surface area contributed by atoms with Crippen LogP contribution in [0, 0.1) is 0 Å². The van der Waals surface area contributed by atoms with Crippen LogP contribution in [0.3, 0.4) is 0 Å². The molecule has 0 aliphatic rings. The molecule has 13 heavy (non-hydrogen) atoms. The number of benzene rings is 1. The maximum atomic E-state index is 11.7. The minimum Gasteiger partial charge on any atom is -0.605 e. The van der Waals surface area contributed by atoms with E-state index in [2.05, 4.69) is 15.4 Å². The lowest BCUT2D eigenvalue weighted by Gasteiger charge is -2.04. The van der Waals surface area contributed by atoms with Crippen molar-refractivity contribution in [1.29, 1.82) is 0 Å². The molecule has 1 aromatic heterocycles. The predicted octanol–water partition coefficient (Wildman–Crippen LogP) is 0.971. The van der Waals surface area contributed by atoms with Crippen LogP contribution in [-0.4, -0.2) is 20.0 Å². The van der Waals surface area contributed by atoms with Gasteiger partial charge < -0.3 is 4.55 Å². The van der Waals surface area contributed by atoms with Crippen molar-refractivity contribution in [3.8, 4) is 0 Å². The molecule has 2 rings (SSSR count). The molecule has 5 heteroatoms. The third kappa shape index (κ3) is 1.71. The van der Waals surface area contributed by atoms with Crippen LogP contribution in [0.4, 0.5) is 0 Å². The first-order chi connectivity index (χ1) is 6.38. The van der Waals surface area contributed by atoms with E-state index in [0.29, 0.717) is 5.03 Å². The minimum absolute atomic E-state index is 0.450. The molecule has 0 aliphatic heterocycles. The summed E-state index contributed by atoms with van der Waals surface area (Å²) in [7, 11) is 0. The van der Waals surface area contributed by atoms with Crippen LogP contribution in [0.25, 0.3) is 0 Å². The highest BCUT2D eigenvalue weighted by Gasteiger charge is 2.16. The number of hydrogen-bond donors (Lipinski definition) is 1. The van der Waals surface area contributed by atoms with Gasteiger partial charge in [-0.15, -0.1) is 0 Å². The number of aromatic nitrogens is 3. The zero-order chi connectivity index (χ0) is 9.10. The second-order valence-corrected chi connectivity index (χ2v) is 3.82. The third-order valence-corrected chi connectivity index (χ3v) is 2.82. The topological polar surface area (TPSA) is 64.6 Å². The molecule has 0 amide bonds. The molecular formula is C8H7N3OS. The lowest BCUT2D eigenvalue weighted by Crippen LogP contribution is -2.01. The van der Waals surface area contributed by atoms with E-state index in [-0.39, 0.29) is 0 Å². The van der Waals surface area contributed by atoms with Gasteiger partial charge in [0.15, 0.2) is 4.90 Å². The molecule has 0 spiro atoms. The van der Waals surface area contributed by atoms with Crippen molar-refractivity contribution >= 4 is 11.2 Å². The SMILES string of the molecule is [O-][S+](c1ccccc1)c1c[nH]nn1. The molecule has 0 aliphatic carbocycles. The van der Waals surface area contributed by atoms with Gasteiger partial charge in [-0.1, -0.05) is 28.5 Å². The van der Waals surface area contributed by atoms with Gasteiger partial charge in [0.1, 0.15) is 0 Å². The van der Waals surface area contributed by atoms with Crippen molar-refractivity contribution in [2.45, 2.75) is 9.92 Å². The summed E-state index contributed by atoms with van der Waals surface area (Å²) in [6.07, 6.45) is 1.53. The summed E-state index contributed by atoms with van der Waals surface area (Å²) in [5, 5.41) is 10.2. The maximum absolute atomic E-state index is 11.7. The van der Waals surface area contributed by atoms with Gasteiger partial charge in [-0.2, -0.15) is 0 Å². The molecule has 0 fully saturated rings. The fraction of sp³-hybridized carbons (Fsp3) is 0. The van der Waals surface area contributed by atoms with Gasteiger partial charge in [-0.05, 0) is 12.1 Å². The second-order valence-electron chi connectivity index (χ2n) is 2.39. The summed E-state index contributed by atoms with van der Waals surface area (Å²) < 4.78 is 11.7. The Kier molecular flexibility index (Phi) is 2.29. The van der Waals surface area contributed by atoms with Crippen LogP contribution in [0.2, 0.25) is 0 Å². The molecule has 1 unspecified atom stereocenters. The Morgan fingerprint density at radius 2 is 2.00 bits per heavy atom. The molecule has 1 aromatic carbocycles. The minimum atomic E-state index is -1.22. The fourth-order valence-corrected chi connectivity index (χ4v) is 1.87. The molecule has 1 N–H and O–H groups in total. The zero-order valence-corrected chi connectivity index (χ0v) is 7.49. The van der Waals surface area contributed by atoms with Gasteiger partial charge in [0, 0.05) is 11.2 Å². The van der Waals surface area contributed by atoms with Crippen molar-refractivity contribution in [2.75, 3.05) is 0 Å². The molecule has 0 radical (unpaired) electrons. The highest BCUT2D eigenvalue weighted by Crippen LogP contribution is 2.16. The lowest BCUT2D eigenvalue weighted by atomic mass is 10.4. The van der Waals surface area contributed by atoms with E-state index < -0.39 is 11.2 Å². The monoisotopic (exact) mass is 193 g/mol. The highest BCUT2D eigenvalue weighted by molar-refractivity contribution is 7.91. The molecule has 66 valence electrons. The van der Waals surface area contributed by atoms with Crippen LogP contribution in [-0.2, 0) is 11.2 Å². The van der Waals surface area contributed by atoms with Crippen LogP contribution in [0.5, 0.6) is 0 Å². The van der Waals surface area contributed by atoms with E-state index in [4.69, 9.17) is 0 Å². The Morgan fingerprint density at radius 1 is 1.23 bits per heavy atom. The second kappa shape index (κ2) is 3.59. The number of aromatic amines is 1. The van der Waals surface area contributed by atoms with E-state index in [9.17, 15) is 4.55 Å². The van der Waals surface area contributed by atoms with Gasteiger partial charge in [0.2, 0.25) is 0 Å². The first-order valence-electron chi connectivity index (χ1n) is 3.71. The maximum Gasteiger partial charge on any atom is 0.288 e. The summed E-state index contributed by atoms with van der Waals surface area (Å²) in [4.78, 5) is 0.733. The Labute approximate surface area is 78.2 Å². The quantitative estimate of drug-likeness (QED) is 0.723. The van der Waals surface area contributed by atoms with Crippen LogP contribution in [0.1, 0.15) is 0 Å². The van der Waals surface area contributed by atoms with Crippen molar-refractivity contribution in [2.24, 2.45) is 0 Å². The first-order valence-corrected chi connectivity index (χ1v) is 4.86. The summed E-state index contributed by atoms with van der Waals surface area (Å²) in [6, 6.07) is 9.15. The number of rotatable bonds is 2. The van der Waals surface area contributed by atoms with E-state index in [1.807, 2.05) is 18.2 Å². The molecular weight excluding hydrogens is 186 g/mol. The van der Waals surface area contributed by atoms with Gasteiger partial charge in [-0.25, -0.2) is 0 Å². The van der Waals surface area contributed by atoms with Crippen LogP contribution in [0.15, 0.2) is 46.5 Å². The highest BCUT2D eigenvalue weighted by atomic mass is 32.2. The fourth-order valence-electron chi connectivity index (χ4n) is 0.947. The number of hydrogen-bond acceptors (Lipinski definition) is 3. The van der Waals surface area contributed by atoms with Crippen LogP contribution < -0.4 is 0 Å². The number of nitrogens with zero attached hydrogens (tertiary/aromatic N) is 2. The van der Waals surface area contributed by atoms with E-state index in [0.717, 1.165) is 4.90 Å². The van der Waals surface area contributed by atoms with Crippen LogP contribution >= 0.6 is 0 Å². The average molecular weight is 193 g/mol. The molecule has 0 bridgehead atoms. The zero-order valence-electron chi connectivity index (χ0n) is 6.68. The van der Waals surface area contributed by atoms with Crippen molar-refractivity contribution in [3.05, 3.63) is 36.5 Å². The molecule has 0 saturated heterocycles. The van der Waals surface area contributed by atoms with Crippen molar-refractivity contribution < 1.29 is 4.55 Å². The Morgan fingerprint density at radius 3 is 2.62 bits per heavy atom. The Balaban J connectivity index is 2.29. The summed E-state index contributed by atoms with van der Waals surface area (Å²) in [5.74, 6) is 0. The lowest BCUT2D eigenvalue weighted by molar-refractivity contribution is 0.591. The number of nitrogens with one attached hydrogen (secondary N) is 1. The van der Waals surface area contributed by atoms with Gasteiger partial charge in [-0.3, -0.25) is 5.10 Å². The average Bonchev–Trinajstić information content (AvgIpc) is 2.71. The van der Waals surface area contributed by atoms with E-state index in [1.165, 1.54) is 6.20 Å². The molecule has 2 aromatic rings. The largest absolute Gasteiger partial charge is 0.605 e. The van der Waals surface area contributed by atoms with Gasteiger partial charge in [0.25, 0.3) is 5.03 Å². The standard InChI is InChI=1S/C8H7N3OS/c12-13(8-6-9-11-10-8)7-4-2-1-3-5-7/h1-6H,(H,9,10,11). The summed E-state index contributed by atoms with van der Waals surface area (Å²) in [5.41, 5.74) is 0. The van der Waals surface area contributed by atoms with E-state index in [1.54, 1.807) is 12.1 Å². The normalized spacial score (nSPS) is 12.7. The van der Waals surface area contributed by atoms with Crippen molar-refractivity contribution in [1.82, 2.24) is 15.4 Å². The Hall–Kier alpha value is -1.33. The van der Waals surface area contributed by atoms with Gasteiger partial charge in [0.05, 0.1) is 6.20 Å². The van der Waals surface area contributed by atoms with Crippen molar-refractivity contribution in [3.63, 3.8) is 0 Å². The summed E-state index contributed by atoms with van der Waals surface area (Å²) in [6.45, 7) is 0.